The summed E-state index contributed by atoms with van der Waals surface area (Å²) in [7, 11) is -3.75. The van der Waals surface area contributed by atoms with E-state index in [0.29, 0.717) is 24.6 Å². The lowest BCUT2D eigenvalue weighted by molar-refractivity contribution is 0.174. The summed E-state index contributed by atoms with van der Waals surface area (Å²) in [6.45, 7) is 1.85. The molecule has 2 heterocycles. The Bertz CT molecular complexity index is 1450. The van der Waals surface area contributed by atoms with E-state index < -0.39 is 16.1 Å². The first-order valence-corrected chi connectivity index (χ1v) is 15.2. The van der Waals surface area contributed by atoms with Crippen molar-refractivity contribution >= 4 is 15.7 Å². The second kappa shape index (κ2) is 13.1. The maximum absolute atomic E-state index is 12.9. The molecular formula is C29H35N7O3S. The fourth-order valence-corrected chi connectivity index (χ4v) is 6.01. The highest BCUT2D eigenvalue weighted by atomic mass is 32.2. The van der Waals surface area contributed by atoms with Crippen LogP contribution in [0.2, 0.25) is 0 Å². The van der Waals surface area contributed by atoms with Crippen LogP contribution in [0.15, 0.2) is 78.0 Å². The second-order valence-electron chi connectivity index (χ2n) is 10.2. The predicted molar refractivity (Wildman–Crippen MR) is 153 cm³/mol. The molecule has 0 aliphatic heterocycles. The molecule has 1 unspecified atom stereocenters. The monoisotopic (exact) mass is 561 g/mol. The predicted octanol–water partition coefficient (Wildman–Crippen LogP) is 3.98. The number of hydrogen-bond acceptors (Lipinski definition) is 8. The van der Waals surface area contributed by atoms with Crippen LogP contribution in [-0.4, -0.2) is 51.8 Å². The van der Waals surface area contributed by atoms with Gasteiger partial charge in [-0.1, -0.05) is 43.9 Å². The molecule has 1 saturated carbocycles. The Kier molecular flexibility index (Phi) is 9.15. The largest absolute Gasteiger partial charge is 0.387 e. The number of aliphatic hydroxyl groups is 1. The van der Waals surface area contributed by atoms with Crippen LogP contribution in [0.25, 0.3) is 11.4 Å². The standard InChI is InChI=1S/C29H35N7O3S/c37-28(25-6-3-17-30-20-25)21-31-18-15-23-7-11-26(12-8-23)34-40(38,39)27-13-9-24(10-14-27)29-32-35-36(33-29)19-16-22-4-1-2-5-22/h3,6-14,17,20,22,28,31,34,37H,1-2,4-5,15-16,18-19,21H2. The first kappa shape index (κ1) is 27.9. The number of hydrogen-bond donors (Lipinski definition) is 3. The number of nitrogens with zero attached hydrogens (tertiary/aromatic N) is 5. The highest BCUT2D eigenvalue weighted by Gasteiger charge is 2.17. The number of aryl methyl sites for hydroxylation is 1. The summed E-state index contributed by atoms with van der Waals surface area (Å²) < 4.78 is 28.5. The zero-order chi connectivity index (χ0) is 27.8. The SMILES string of the molecule is O=S(=O)(Nc1ccc(CCNCC(O)c2cccnc2)cc1)c1ccc(-c2nnn(CCC3CCCC3)n2)cc1. The molecular weight excluding hydrogens is 526 g/mol. The fourth-order valence-electron chi connectivity index (χ4n) is 4.95. The molecule has 0 bridgehead atoms. The van der Waals surface area contributed by atoms with Crippen molar-refractivity contribution in [2.75, 3.05) is 17.8 Å². The normalized spacial score (nSPS) is 14.8. The van der Waals surface area contributed by atoms with Crippen molar-refractivity contribution < 1.29 is 13.5 Å². The quantitative estimate of drug-likeness (QED) is 0.209. The van der Waals surface area contributed by atoms with Gasteiger partial charge in [-0.25, -0.2) is 8.42 Å². The molecule has 3 N–H and O–H groups in total. The molecule has 4 aromatic rings. The molecule has 10 nitrogen and oxygen atoms in total. The molecule has 0 amide bonds. The van der Waals surface area contributed by atoms with Gasteiger partial charge in [0.05, 0.1) is 17.5 Å². The summed E-state index contributed by atoms with van der Waals surface area (Å²) in [5.41, 5.74) is 3.03. The Balaban J connectivity index is 1.10. The zero-order valence-corrected chi connectivity index (χ0v) is 23.2. The zero-order valence-electron chi connectivity index (χ0n) is 22.4. The van der Waals surface area contributed by atoms with E-state index in [0.717, 1.165) is 42.0 Å². The number of pyridine rings is 1. The molecule has 0 saturated heterocycles. The van der Waals surface area contributed by atoms with E-state index in [-0.39, 0.29) is 4.90 Å². The molecule has 40 heavy (non-hydrogen) atoms. The number of aliphatic hydroxyl groups excluding tert-OH is 1. The Hall–Kier alpha value is -3.67. The fraction of sp³-hybridized carbons (Fsp3) is 0.379. The summed E-state index contributed by atoms with van der Waals surface area (Å²) in [4.78, 5) is 5.81. The van der Waals surface area contributed by atoms with Crippen LogP contribution in [0.5, 0.6) is 0 Å². The van der Waals surface area contributed by atoms with Gasteiger partial charge in [0.2, 0.25) is 5.82 Å². The van der Waals surface area contributed by atoms with Gasteiger partial charge in [-0.3, -0.25) is 9.71 Å². The Morgan fingerprint density at radius 2 is 1.80 bits per heavy atom. The van der Waals surface area contributed by atoms with E-state index in [1.165, 1.54) is 25.7 Å². The van der Waals surface area contributed by atoms with E-state index in [4.69, 9.17) is 0 Å². The van der Waals surface area contributed by atoms with Crippen molar-refractivity contribution in [1.29, 1.82) is 0 Å². The number of tetrazole rings is 1. The Morgan fingerprint density at radius 3 is 2.52 bits per heavy atom. The lowest BCUT2D eigenvalue weighted by atomic mass is 10.0. The summed E-state index contributed by atoms with van der Waals surface area (Å²) >= 11 is 0. The van der Waals surface area contributed by atoms with Crippen molar-refractivity contribution in [3.05, 3.63) is 84.2 Å². The molecule has 11 heteroatoms. The molecule has 1 aliphatic rings. The highest BCUT2D eigenvalue weighted by Crippen LogP contribution is 2.28. The van der Waals surface area contributed by atoms with Gasteiger partial charge in [-0.05, 0) is 78.5 Å². The van der Waals surface area contributed by atoms with Gasteiger partial charge in [0.25, 0.3) is 10.0 Å². The van der Waals surface area contributed by atoms with E-state index in [9.17, 15) is 13.5 Å². The van der Waals surface area contributed by atoms with Crippen LogP contribution < -0.4 is 10.0 Å². The third-order valence-electron chi connectivity index (χ3n) is 7.29. The number of anilines is 1. The van der Waals surface area contributed by atoms with E-state index in [2.05, 4.69) is 30.4 Å². The lowest BCUT2D eigenvalue weighted by Gasteiger charge is -2.12. The molecule has 1 aliphatic carbocycles. The van der Waals surface area contributed by atoms with Gasteiger partial charge in [0.1, 0.15) is 0 Å². The molecule has 210 valence electrons. The number of nitrogens with one attached hydrogen (secondary N) is 2. The average molecular weight is 562 g/mol. The molecule has 5 rings (SSSR count). The first-order valence-electron chi connectivity index (χ1n) is 13.7. The summed E-state index contributed by atoms with van der Waals surface area (Å²) in [5, 5.41) is 26.2. The second-order valence-corrected chi connectivity index (χ2v) is 11.9. The van der Waals surface area contributed by atoms with Crippen LogP contribution in [0, 0.1) is 5.92 Å². The van der Waals surface area contributed by atoms with Gasteiger partial charge < -0.3 is 10.4 Å². The van der Waals surface area contributed by atoms with Gasteiger partial charge in [-0.2, -0.15) is 4.80 Å². The maximum Gasteiger partial charge on any atom is 0.261 e. The number of rotatable bonds is 13. The van der Waals surface area contributed by atoms with Crippen molar-refractivity contribution in [3.63, 3.8) is 0 Å². The van der Waals surface area contributed by atoms with Gasteiger partial charge in [0.15, 0.2) is 0 Å². The summed E-state index contributed by atoms with van der Waals surface area (Å²) in [5.74, 6) is 1.24. The van der Waals surface area contributed by atoms with Gasteiger partial charge in [-0.15, -0.1) is 10.2 Å². The van der Waals surface area contributed by atoms with Crippen molar-refractivity contribution in [1.82, 2.24) is 30.5 Å². The topological polar surface area (TPSA) is 135 Å². The third-order valence-corrected chi connectivity index (χ3v) is 8.69. The molecule has 2 aromatic heterocycles. The lowest BCUT2D eigenvalue weighted by Crippen LogP contribution is -2.23. The Morgan fingerprint density at radius 1 is 1.02 bits per heavy atom. The minimum atomic E-state index is -3.75. The maximum atomic E-state index is 12.9. The van der Waals surface area contributed by atoms with Crippen LogP contribution in [-0.2, 0) is 23.0 Å². The van der Waals surface area contributed by atoms with Crippen LogP contribution in [0.4, 0.5) is 5.69 Å². The molecule has 0 radical (unpaired) electrons. The van der Waals surface area contributed by atoms with E-state index in [1.54, 1.807) is 59.7 Å². The van der Waals surface area contributed by atoms with E-state index >= 15 is 0 Å². The molecule has 2 aromatic carbocycles. The number of aromatic nitrogens is 5. The van der Waals surface area contributed by atoms with Gasteiger partial charge >= 0.3 is 0 Å². The molecule has 0 spiro atoms. The number of sulfonamides is 1. The van der Waals surface area contributed by atoms with E-state index in [1.807, 2.05) is 18.2 Å². The summed E-state index contributed by atoms with van der Waals surface area (Å²) in [6.07, 6.45) is 9.72. The van der Waals surface area contributed by atoms with Crippen LogP contribution in [0.3, 0.4) is 0 Å². The first-order chi connectivity index (χ1) is 19.5. The minimum absolute atomic E-state index is 0.158. The smallest absolute Gasteiger partial charge is 0.261 e. The average Bonchev–Trinajstić information content (AvgIpc) is 3.68. The van der Waals surface area contributed by atoms with Crippen molar-refractivity contribution in [2.45, 2.75) is 56.1 Å². The Labute approximate surface area is 234 Å². The third kappa shape index (κ3) is 7.50. The van der Waals surface area contributed by atoms with Gasteiger partial charge in [0, 0.05) is 35.8 Å². The minimum Gasteiger partial charge on any atom is -0.387 e. The van der Waals surface area contributed by atoms with Crippen molar-refractivity contribution in [2.24, 2.45) is 5.92 Å². The van der Waals surface area contributed by atoms with Crippen LogP contribution >= 0.6 is 0 Å². The highest BCUT2D eigenvalue weighted by molar-refractivity contribution is 7.92. The van der Waals surface area contributed by atoms with Crippen LogP contribution in [0.1, 0.15) is 49.3 Å². The summed E-state index contributed by atoms with van der Waals surface area (Å²) in [6, 6.07) is 17.4. The molecule has 1 atom stereocenters. The van der Waals surface area contributed by atoms with Crippen molar-refractivity contribution in [3.8, 4) is 11.4 Å². The molecule has 1 fully saturated rings. The number of benzene rings is 2.